The lowest BCUT2D eigenvalue weighted by Crippen LogP contribution is -2.29. The molecule has 0 fully saturated rings. The van der Waals surface area contributed by atoms with E-state index in [-0.39, 0.29) is 22.3 Å². The Morgan fingerprint density at radius 2 is 0.941 bits per heavy atom. The van der Waals surface area contributed by atoms with Crippen LogP contribution in [0, 0.1) is 0 Å². The summed E-state index contributed by atoms with van der Waals surface area (Å²) >= 11 is 0. The molecule has 0 unspecified atom stereocenters. The highest BCUT2D eigenvalue weighted by Gasteiger charge is 2.45. The first-order chi connectivity index (χ1) is 15.9. The number of hydrogen-bond acceptors (Lipinski definition) is 4. The second kappa shape index (κ2) is 7.05. The van der Waals surface area contributed by atoms with Crippen molar-refractivity contribution in [3.05, 3.63) is 105 Å². The molecule has 2 heterocycles. The van der Waals surface area contributed by atoms with Crippen LogP contribution in [0.5, 0.6) is 0 Å². The van der Waals surface area contributed by atoms with Gasteiger partial charge in [0.25, 0.3) is 0 Å². The molecule has 0 bridgehead atoms. The minimum Gasteiger partial charge on any atom is -0.506 e. The number of aliphatic hydroxyl groups excluding tert-OH is 2. The van der Waals surface area contributed by atoms with Crippen LogP contribution in [-0.2, 0) is 10.8 Å². The number of anilines is 2. The first-order valence-corrected chi connectivity index (χ1v) is 11.9. The van der Waals surface area contributed by atoms with Gasteiger partial charge in [-0.2, -0.15) is 0 Å². The fourth-order valence-corrected chi connectivity index (χ4v) is 6.72. The van der Waals surface area contributed by atoms with Gasteiger partial charge in [0.2, 0.25) is 0 Å². The lowest BCUT2D eigenvalue weighted by molar-refractivity contribution is 0.350. The van der Waals surface area contributed by atoms with Gasteiger partial charge in [-0.25, -0.2) is 0 Å². The number of benzene rings is 2. The van der Waals surface area contributed by atoms with Crippen molar-refractivity contribution in [3.8, 4) is 0 Å². The minimum absolute atomic E-state index is 0.174. The normalized spacial score (nSPS) is 23.2. The van der Waals surface area contributed by atoms with E-state index in [9.17, 15) is 10.2 Å². The van der Waals surface area contributed by atoms with Gasteiger partial charge >= 0.3 is 0 Å². The molecule has 34 heavy (non-hydrogen) atoms. The Morgan fingerprint density at radius 1 is 0.618 bits per heavy atom. The van der Waals surface area contributed by atoms with Crippen LogP contribution < -0.4 is 9.80 Å². The van der Waals surface area contributed by atoms with E-state index in [0.717, 1.165) is 33.9 Å². The molecule has 0 spiro atoms. The zero-order valence-electron chi connectivity index (χ0n) is 21.4. The molecular weight excluding hydrogens is 420 g/mol. The molecule has 2 aromatic carbocycles. The van der Waals surface area contributed by atoms with Crippen LogP contribution in [0.3, 0.4) is 0 Å². The summed E-state index contributed by atoms with van der Waals surface area (Å²) in [6.45, 7) is 12.8. The second-order valence-corrected chi connectivity index (χ2v) is 10.8. The quantitative estimate of drug-likeness (QED) is 0.511. The molecule has 2 N–H and O–H groups in total. The molecule has 0 atom stereocenters. The Bertz CT molecular complexity index is 1250. The molecule has 5 rings (SSSR count). The smallest absolute Gasteiger partial charge is 0.138 e. The van der Waals surface area contributed by atoms with Gasteiger partial charge in [0, 0.05) is 47.7 Å². The highest BCUT2D eigenvalue weighted by atomic mass is 16.3. The summed E-state index contributed by atoms with van der Waals surface area (Å²) < 4.78 is 0. The third-order valence-electron chi connectivity index (χ3n) is 8.14. The summed E-state index contributed by atoms with van der Waals surface area (Å²) in [7, 11) is 4.12. The van der Waals surface area contributed by atoms with Crippen molar-refractivity contribution in [2.75, 3.05) is 23.9 Å². The maximum absolute atomic E-state index is 11.3. The number of rotatable bonds is 2. The molecule has 2 aliphatic heterocycles. The fourth-order valence-electron chi connectivity index (χ4n) is 6.72. The third-order valence-corrected chi connectivity index (χ3v) is 8.14. The van der Waals surface area contributed by atoms with Crippen molar-refractivity contribution in [2.45, 2.75) is 52.4 Å². The summed E-state index contributed by atoms with van der Waals surface area (Å²) in [4.78, 5) is 4.37. The monoisotopic (exact) mass is 454 g/mol. The molecule has 0 saturated heterocycles. The third kappa shape index (κ3) is 2.65. The van der Waals surface area contributed by atoms with Crippen LogP contribution >= 0.6 is 0 Å². The Balaban J connectivity index is 1.60. The molecule has 0 amide bonds. The van der Waals surface area contributed by atoms with E-state index >= 15 is 0 Å². The standard InChI is InChI=1S/C30H34N2O2/c1-17(27-29(3,4)19-13-9-11-15-21(19)31(27)7)23-25(33)24(26(23)34)18(2)28-30(5,6)20-14-10-12-16-22(20)32(28)8/h9-16,33-34H,1-8H3/b27-17+,28-18+. The van der Waals surface area contributed by atoms with Gasteiger partial charge in [-0.1, -0.05) is 64.1 Å². The van der Waals surface area contributed by atoms with E-state index in [2.05, 4.69) is 88.0 Å². The van der Waals surface area contributed by atoms with Crippen LogP contribution in [0.25, 0.3) is 0 Å². The fraction of sp³-hybridized carbons (Fsp3) is 0.333. The molecule has 4 nitrogen and oxygen atoms in total. The van der Waals surface area contributed by atoms with E-state index in [1.165, 1.54) is 11.1 Å². The van der Waals surface area contributed by atoms with Gasteiger partial charge in [-0.3, -0.25) is 0 Å². The summed E-state index contributed by atoms with van der Waals surface area (Å²) in [6.07, 6.45) is 0. The second-order valence-electron chi connectivity index (χ2n) is 10.8. The lowest BCUT2D eigenvalue weighted by Gasteiger charge is -2.33. The van der Waals surface area contributed by atoms with Crippen molar-refractivity contribution < 1.29 is 10.2 Å². The number of para-hydroxylation sites is 2. The predicted molar refractivity (Wildman–Crippen MR) is 140 cm³/mol. The van der Waals surface area contributed by atoms with Crippen LogP contribution in [0.15, 0.2) is 93.7 Å². The maximum atomic E-state index is 11.3. The average molecular weight is 455 g/mol. The molecule has 1 aliphatic carbocycles. The molecule has 0 aromatic heterocycles. The minimum atomic E-state index is -0.235. The first kappa shape index (κ1) is 22.4. The summed E-state index contributed by atoms with van der Waals surface area (Å²) in [5.74, 6) is 0.348. The van der Waals surface area contributed by atoms with Crippen molar-refractivity contribution in [3.63, 3.8) is 0 Å². The van der Waals surface area contributed by atoms with Crippen molar-refractivity contribution >= 4 is 11.4 Å². The number of likely N-dealkylation sites (N-methyl/N-ethyl adjacent to an activating group) is 2. The molecule has 0 radical (unpaired) electrons. The van der Waals surface area contributed by atoms with Gasteiger partial charge in [0.1, 0.15) is 11.5 Å². The Labute approximate surface area is 202 Å². The Hall–Kier alpha value is -3.40. The molecule has 4 heteroatoms. The Kier molecular flexibility index (Phi) is 4.64. The van der Waals surface area contributed by atoms with E-state index < -0.39 is 0 Å². The summed E-state index contributed by atoms with van der Waals surface area (Å²) in [6, 6.07) is 16.8. The molecule has 0 saturated carbocycles. The first-order valence-electron chi connectivity index (χ1n) is 11.9. The van der Waals surface area contributed by atoms with E-state index in [1.54, 1.807) is 0 Å². The van der Waals surface area contributed by atoms with Crippen LogP contribution in [0.4, 0.5) is 11.4 Å². The van der Waals surface area contributed by atoms with Crippen molar-refractivity contribution in [1.82, 2.24) is 0 Å². The van der Waals surface area contributed by atoms with E-state index in [0.29, 0.717) is 11.1 Å². The molecule has 176 valence electrons. The van der Waals surface area contributed by atoms with E-state index in [1.807, 2.05) is 26.0 Å². The lowest BCUT2D eigenvalue weighted by atomic mass is 9.75. The highest BCUT2D eigenvalue weighted by Crippen LogP contribution is 2.54. The number of hydrogen-bond donors (Lipinski definition) is 2. The van der Waals surface area contributed by atoms with Gasteiger partial charge in [0.05, 0.1) is 11.1 Å². The number of aliphatic hydroxyl groups is 2. The topological polar surface area (TPSA) is 46.9 Å². The van der Waals surface area contributed by atoms with Crippen LogP contribution in [0.2, 0.25) is 0 Å². The van der Waals surface area contributed by atoms with E-state index in [4.69, 9.17) is 0 Å². The number of nitrogens with zero attached hydrogens (tertiary/aromatic N) is 2. The van der Waals surface area contributed by atoms with Crippen molar-refractivity contribution in [1.29, 1.82) is 0 Å². The van der Waals surface area contributed by atoms with Gasteiger partial charge in [-0.05, 0) is 48.3 Å². The number of fused-ring (bicyclic) bond motifs is 2. The summed E-state index contributed by atoms with van der Waals surface area (Å²) in [5, 5.41) is 22.6. The van der Waals surface area contributed by atoms with Crippen LogP contribution in [-0.4, -0.2) is 24.3 Å². The van der Waals surface area contributed by atoms with Gasteiger partial charge in [-0.15, -0.1) is 0 Å². The zero-order chi connectivity index (χ0) is 24.7. The molecule has 2 aromatic rings. The number of allylic oxidation sites excluding steroid dienone is 4. The van der Waals surface area contributed by atoms with Gasteiger partial charge in [0.15, 0.2) is 0 Å². The molecular formula is C30H34N2O2. The molecule has 3 aliphatic rings. The zero-order valence-corrected chi connectivity index (χ0v) is 21.4. The SMILES string of the molecule is C/C(C1=C(O)C(/C(C)=C2/N(C)c3ccccc3C2(C)C)=C1O)=C1\N(C)c2ccccc2C1(C)C. The highest BCUT2D eigenvalue weighted by molar-refractivity contribution is 5.78. The van der Waals surface area contributed by atoms with Gasteiger partial charge < -0.3 is 20.0 Å². The largest absolute Gasteiger partial charge is 0.506 e. The Morgan fingerprint density at radius 3 is 1.26 bits per heavy atom. The maximum Gasteiger partial charge on any atom is 0.138 e. The van der Waals surface area contributed by atoms with Crippen LogP contribution in [0.1, 0.15) is 52.7 Å². The average Bonchev–Trinajstić information content (AvgIpc) is 3.11. The van der Waals surface area contributed by atoms with Crippen molar-refractivity contribution in [2.24, 2.45) is 0 Å². The summed E-state index contributed by atoms with van der Waals surface area (Å²) in [5.41, 5.74) is 9.45. The predicted octanol–water partition coefficient (Wildman–Crippen LogP) is 7.03.